The van der Waals surface area contributed by atoms with Crippen LogP contribution in [0.5, 0.6) is 0 Å². The quantitative estimate of drug-likeness (QED) is 0.406. The van der Waals surface area contributed by atoms with Crippen molar-refractivity contribution in [1.82, 2.24) is 9.80 Å². The van der Waals surface area contributed by atoms with Crippen LogP contribution in [0, 0.1) is 11.3 Å². The first-order chi connectivity index (χ1) is 8.60. The lowest BCUT2D eigenvalue weighted by atomic mass is 10.1. The maximum atomic E-state index is 11.7. The Morgan fingerprint density at radius 3 is 2.68 bits per heavy atom. The van der Waals surface area contributed by atoms with Crippen LogP contribution in [0.1, 0.15) is 6.42 Å². The van der Waals surface area contributed by atoms with Crippen LogP contribution in [-0.2, 0) is 19.6 Å². The first kappa shape index (κ1) is 15.4. The molecule has 1 heterocycles. The van der Waals surface area contributed by atoms with Crippen LogP contribution in [-0.4, -0.2) is 67.1 Å². The number of primary sulfonamides is 1. The molecule has 4 N–H and O–H groups in total. The van der Waals surface area contributed by atoms with Crippen molar-refractivity contribution in [2.45, 2.75) is 6.42 Å². The molecule has 0 aromatic heterocycles. The minimum absolute atomic E-state index is 0.0142. The van der Waals surface area contributed by atoms with Crippen LogP contribution >= 0.6 is 0 Å². The fourth-order valence-electron chi connectivity index (χ4n) is 1.91. The topological polar surface area (TPSA) is 145 Å². The van der Waals surface area contributed by atoms with Gasteiger partial charge in [0.25, 0.3) is 0 Å². The number of carboxylic acids is 1. The summed E-state index contributed by atoms with van der Waals surface area (Å²) in [5.74, 6) is -2.59. The molecule has 0 spiro atoms. The zero-order chi connectivity index (χ0) is 14.8. The Morgan fingerprint density at radius 1 is 1.63 bits per heavy atom. The Kier molecular flexibility index (Phi) is 4.48. The number of rotatable bonds is 4. The van der Waals surface area contributed by atoms with E-state index in [1.165, 1.54) is 7.05 Å². The van der Waals surface area contributed by atoms with Crippen LogP contribution in [0.15, 0.2) is 0 Å². The van der Waals surface area contributed by atoms with Crippen molar-refractivity contribution in [3.63, 3.8) is 0 Å². The first-order valence-electron chi connectivity index (χ1n) is 5.42. The molecule has 19 heavy (non-hydrogen) atoms. The van der Waals surface area contributed by atoms with Gasteiger partial charge < -0.3 is 10.0 Å². The number of hydrogen-bond acceptors (Lipinski definition) is 5. The van der Waals surface area contributed by atoms with E-state index in [1.807, 2.05) is 0 Å². The van der Waals surface area contributed by atoms with Gasteiger partial charge in [-0.2, -0.15) is 0 Å². The van der Waals surface area contributed by atoms with Gasteiger partial charge in [0.05, 0.1) is 5.75 Å². The van der Waals surface area contributed by atoms with Crippen LogP contribution in [0.25, 0.3) is 0 Å². The summed E-state index contributed by atoms with van der Waals surface area (Å²) in [5, 5.41) is 21.2. The number of guanidine groups is 1. The molecule has 10 heteroatoms. The monoisotopic (exact) mass is 292 g/mol. The molecule has 1 saturated heterocycles. The van der Waals surface area contributed by atoms with Crippen molar-refractivity contribution in [1.29, 1.82) is 5.41 Å². The number of carboxylic acid groups (broad SMARTS) is 1. The predicted octanol–water partition coefficient (Wildman–Crippen LogP) is -1.93. The molecule has 0 saturated carbocycles. The van der Waals surface area contributed by atoms with Crippen molar-refractivity contribution in [3.05, 3.63) is 0 Å². The minimum Gasteiger partial charge on any atom is -0.480 e. The summed E-state index contributed by atoms with van der Waals surface area (Å²) in [6.07, 6.45) is -0.0142. The van der Waals surface area contributed by atoms with Crippen LogP contribution in [0.3, 0.4) is 0 Å². The maximum Gasteiger partial charge on any atom is 0.323 e. The average molecular weight is 292 g/mol. The largest absolute Gasteiger partial charge is 0.480 e. The summed E-state index contributed by atoms with van der Waals surface area (Å²) in [6, 6.07) is 0. The molecule has 1 aliphatic rings. The Balaban J connectivity index is 2.68. The standard InChI is InChI=1S/C9H16N4O5S/c1-12(4-8(15)16)9(10)13-3-6(2-7(13)14)5-19(11,17)18/h6,10H,2-5H2,1H3,(H,15,16)(H2,11,17,18). The van der Waals surface area contributed by atoms with Gasteiger partial charge in [-0.05, 0) is 0 Å². The number of carbonyl (C=O) groups excluding carboxylic acids is 1. The minimum atomic E-state index is -3.68. The molecule has 9 nitrogen and oxygen atoms in total. The van der Waals surface area contributed by atoms with Crippen LogP contribution in [0.4, 0.5) is 0 Å². The van der Waals surface area contributed by atoms with Crippen molar-refractivity contribution in [2.75, 3.05) is 25.9 Å². The molecule has 1 atom stereocenters. The number of amides is 1. The van der Waals surface area contributed by atoms with Gasteiger partial charge in [-0.3, -0.25) is 19.9 Å². The third kappa shape index (κ3) is 4.48. The number of nitrogens with one attached hydrogen (secondary N) is 1. The molecule has 1 amide bonds. The van der Waals surface area contributed by atoms with Gasteiger partial charge in [-0.15, -0.1) is 0 Å². The fourth-order valence-corrected chi connectivity index (χ4v) is 2.79. The van der Waals surface area contributed by atoms with Gasteiger partial charge in [-0.25, -0.2) is 13.6 Å². The fraction of sp³-hybridized carbons (Fsp3) is 0.667. The molecule has 0 bridgehead atoms. The van der Waals surface area contributed by atoms with Gasteiger partial charge >= 0.3 is 5.97 Å². The summed E-state index contributed by atoms with van der Waals surface area (Å²) in [4.78, 5) is 24.4. The van der Waals surface area contributed by atoms with Crippen LogP contribution < -0.4 is 5.14 Å². The lowest BCUT2D eigenvalue weighted by molar-refractivity contribution is -0.137. The van der Waals surface area contributed by atoms with Gasteiger partial charge in [0, 0.05) is 25.9 Å². The number of nitrogens with zero attached hydrogens (tertiary/aromatic N) is 2. The summed E-state index contributed by atoms with van der Waals surface area (Å²) in [5.41, 5.74) is 0. The van der Waals surface area contributed by atoms with Crippen molar-refractivity contribution in [2.24, 2.45) is 11.1 Å². The summed E-state index contributed by atoms with van der Waals surface area (Å²) in [7, 11) is -2.30. The second-order valence-corrected chi connectivity index (χ2v) is 6.14. The number of likely N-dealkylation sites (N-methyl/N-ethyl adjacent to an activating group) is 1. The molecule has 108 valence electrons. The van der Waals surface area contributed by atoms with Gasteiger partial charge in [0.15, 0.2) is 0 Å². The van der Waals surface area contributed by atoms with Gasteiger partial charge in [0.2, 0.25) is 21.9 Å². The van der Waals surface area contributed by atoms with Crippen molar-refractivity contribution < 1.29 is 23.1 Å². The van der Waals surface area contributed by atoms with Gasteiger partial charge in [-0.1, -0.05) is 0 Å². The molecule has 1 unspecified atom stereocenters. The van der Waals surface area contributed by atoms with E-state index in [0.717, 1.165) is 9.80 Å². The summed E-state index contributed by atoms with van der Waals surface area (Å²) in [6.45, 7) is -0.361. The second-order valence-electron chi connectivity index (χ2n) is 4.48. The number of aliphatic carboxylic acids is 1. The highest BCUT2D eigenvalue weighted by Gasteiger charge is 2.35. The third-order valence-electron chi connectivity index (χ3n) is 2.66. The zero-order valence-corrected chi connectivity index (χ0v) is 11.2. The Hall–Kier alpha value is -1.68. The van der Waals surface area contributed by atoms with E-state index < -0.39 is 34.4 Å². The maximum absolute atomic E-state index is 11.7. The normalized spacial score (nSPS) is 19.6. The lowest BCUT2D eigenvalue weighted by Crippen LogP contribution is -2.44. The molecule has 0 aliphatic carbocycles. The molecule has 0 aromatic rings. The molecule has 0 radical (unpaired) electrons. The second kappa shape index (κ2) is 5.53. The predicted molar refractivity (Wildman–Crippen MR) is 65.8 cm³/mol. The lowest BCUT2D eigenvalue weighted by Gasteiger charge is -2.25. The van der Waals surface area contributed by atoms with Gasteiger partial charge in [0.1, 0.15) is 6.54 Å². The van der Waals surface area contributed by atoms with Crippen molar-refractivity contribution in [3.8, 4) is 0 Å². The first-order valence-corrected chi connectivity index (χ1v) is 7.14. The van der Waals surface area contributed by atoms with E-state index in [0.29, 0.717) is 0 Å². The molecule has 1 fully saturated rings. The van der Waals surface area contributed by atoms with E-state index >= 15 is 0 Å². The Labute approximate surface area is 110 Å². The average Bonchev–Trinajstić information content (AvgIpc) is 2.54. The van der Waals surface area contributed by atoms with E-state index in [1.54, 1.807) is 0 Å². The summed E-state index contributed by atoms with van der Waals surface area (Å²) >= 11 is 0. The summed E-state index contributed by atoms with van der Waals surface area (Å²) < 4.78 is 21.9. The molecular weight excluding hydrogens is 276 g/mol. The number of likely N-dealkylation sites (tertiary alicyclic amines) is 1. The number of sulfonamides is 1. The smallest absolute Gasteiger partial charge is 0.323 e. The number of nitrogens with two attached hydrogens (primary N) is 1. The van der Waals surface area contributed by atoms with E-state index in [4.69, 9.17) is 15.7 Å². The molecule has 0 aromatic carbocycles. The Bertz CT molecular complexity index is 503. The highest BCUT2D eigenvalue weighted by molar-refractivity contribution is 7.89. The number of hydrogen-bond donors (Lipinski definition) is 3. The SMILES string of the molecule is CN(CC(=O)O)C(=N)N1CC(CS(N)(=O)=O)CC1=O. The third-order valence-corrected chi connectivity index (χ3v) is 3.60. The molecule has 1 rings (SSSR count). The Morgan fingerprint density at radius 2 is 2.21 bits per heavy atom. The highest BCUT2D eigenvalue weighted by atomic mass is 32.2. The van der Waals surface area contributed by atoms with E-state index in [9.17, 15) is 18.0 Å². The van der Waals surface area contributed by atoms with Crippen LogP contribution in [0.2, 0.25) is 0 Å². The molecular formula is C9H16N4O5S. The van der Waals surface area contributed by atoms with E-state index in [-0.39, 0.29) is 24.7 Å². The molecule has 1 aliphatic heterocycles. The number of carbonyl (C=O) groups is 2. The highest BCUT2D eigenvalue weighted by Crippen LogP contribution is 2.19. The van der Waals surface area contributed by atoms with E-state index in [2.05, 4.69) is 0 Å². The zero-order valence-electron chi connectivity index (χ0n) is 10.4. The van der Waals surface area contributed by atoms with Crippen molar-refractivity contribution >= 4 is 27.9 Å².